The largest absolute Gasteiger partial charge is 1.00 e. The number of hydrogen-bond donors (Lipinski definition) is 7. The van der Waals surface area contributed by atoms with Crippen molar-refractivity contribution in [3.8, 4) is 5.75 Å². The van der Waals surface area contributed by atoms with E-state index >= 15 is 0 Å². The van der Waals surface area contributed by atoms with E-state index in [9.17, 15) is 58.4 Å². The quantitative estimate of drug-likeness (QED) is 0.0587. The van der Waals surface area contributed by atoms with E-state index in [2.05, 4.69) is 20.5 Å². The van der Waals surface area contributed by atoms with Gasteiger partial charge in [0.1, 0.15) is 26.9 Å². The Balaban J connectivity index is 0.00000353. The summed E-state index contributed by atoms with van der Waals surface area (Å²) in [5.74, 6) is -0.739. The Kier molecular flexibility index (Phi) is 11.7. The molecule has 4 aromatic carbocycles. The Bertz CT molecular complexity index is 2240. The van der Waals surface area contributed by atoms with Gasteiger partial charge in [-0.1, -0.05) is 12.1 Å². The molecule has 0 saturated carbocycles. The molecule has 0 bridgehead atoms. The van der Waals surface area contributed by atoms with Gasteiger partial charge in [-0.3, -0.25) is 18.2 Å². The SMILES string of the molecule is O=P(O)(O)c1cccc(N=Nc2ccc(N=Nc3c(O)ccc4cc(S(=O)(=O)O)cc(S(=O)(=O)O)c34)c(S(=O)(=O)O)c2)c1.[NH4+].[Na+]. The molecule has 0 aliphatic carbocycles. The summed E-state index contributed by atoms with van der Waals surface area (Å²) >= 11 is 0. The first-order valence-electron chi connectivity index (χ1n) is 11.1. The summed E-state index contributed by atoms with van der Waals surface area (Å²) in [5.41, 5.74) is -1.39. The van der Waals surface area contributed by atoms with Gasteiger partial charge in [-0.2, -0.15) is 35.5 Å². The monoisotopic (exact) mass is 713 g/mol. The first kappa shape index (κ1) is 38.2. The van der Waals surface area contributed by atoms with Crippen LogP contribution < -0.4 is 41.0 Å². The maximum Gasteiger partial charge on any atom is 1.00 e. The molecule has 0 fully saturated rings. The Labute approximate surface area is 276 Å². The van der Waals surface area contributed by atoms with Crippen molar-refractivity contribution in [2.24, 2.45) is 20.5 Å². The third-order valence-electron chi connectivity index (χ3n) is 5.51. The summed E-state index contributed by atoms with van der Waals surface area (Å²) in [4.78, 5) is 15.7. The zero-order chi connectivity index (χ0) is 32.0. The number of quaternary nitrogens is 1. The minimum Gasteiger partial charge on any atom is -0.506 e. The summed E-state index contributed by atoms with van der Waals surface area (Å²) < 4.78 is 112. The second-order valence-electron chi connectivity index (χ2n) is 8.49. The zero-order valence-corrected chi connectivity index (χ0v) is 28.2. The first-order valence-corrected chi connectivity index (χ1v) is 17.0. The molecule has 0 spiro atoms. The molecule has 4 aromatic rings. The molecule has 45 heavy (non-hydrogen) atoms. The van der Waals surface area contributed by atoms with Crippen molar-refractivity contribution in [1.82, 2.24) is 6.15 Å². The third-order valence-corrected chi connectivity index (χ3v) is 9.05. The van der Waals surface area contributed by atoms with Gasteiger partial charge in [-0.15, -0.1) is 10.2 Å². The van der Waals surface area contributed by atoms with Crippen LogP contribution in [-0.4, -0.2) is 53.8 Å². The average molecular weight is 714 g/mol. The molecule has 0 aromatic heterocycles. The van der Waals surface area contributed by atoms with E-state index in [1.807, 2.05) is 0 Å². The van der Waals surface area contributed by atoms with Crippen LogP contribution >= 0.6 is 7.60 Å². The van der Waals surface area contributed by atoms with E-state index in [-0.39, 0.29) is 57.8 Å². The maximum atomic E-state index is 12.1. The predicted molar refractivity (Wildman–Crippen MR) is 154 cm³/mol. The van der Waals surface area contributed by atoms with E-state index in [0.29, 0.717) is 6.07 Å². The normalized spacial score (nSPS) is 12.7. The predicted octanol–water partition coefficient (Wildman–Crippen LogP) is 1.30. The molecule has 0 heterocycles. The standard InChI is InChI=1S/C22H17N4O13PS3.H3N.Na/c27-18-7-4-12-8-16(41(31,32)33)11-20(43(37,38)39)21(12)22(18)26-25-17-6-5-14(10-19(17)42(34,35)36)24-23-13-2-1-3-15(9-13)40(28,29)30;;/h1-11,27H,(H2,28,29,30)(H,31,32,33)(H,34,35,36)(H,37,38,39);1H3;/q;;+1/p+1. The third kappa shape index (κ3) is 9.04. The van der Waals surface area contributed by atoms with E-state index < -0.39 is 75.1 Å². The summed E-state index contributed by atoms with van der Waals surface area (Å²) in [5, 5.41) is 24.2. The fourth-order valence-electron chi connectivity index (χ4n) is 3.63. The van der Waals surface area contributed by atoms with E-state index in [4.69, 9.17) is 0 Å². The molecule has 234 valence electrons. The van der Waals surface area contributed by atoms with Crippen LogP contribution in [0, 0.1) is 0 Å². The fraction of sp³-hybridized carbons (Fsp3) is 0. The number of benzene rings is 4. The average Bonchev–Trinajstić information content (AvgIpc) is 2.89. The minimum absolute atomic E-state index is 0. The summed E-state index contributed by atoms with van der Waals surface area (Å²) in [6, 6.07) is 11.1. The van der Waals surface area contributed by atoms with E-state index in [0.717, 1.165) is 48.5 Å². The Morgan fingerprint density at radius 3 is 1.80 bits per heavy atom. The topological polar surface area (TPSA) is 327 Å². The van der Waals surface area contributed by atoms with Crippen LogP contribution in [0.4, 0.5) is 22.7 Å². The molecule has 18 nitrogen and oxygen atoms in total. The molecule has 0 radical (unpaired) electrons. The van der Waals surface area contributed by atoms with E-state index in [1.54, 1.807) is 0 Å². The van der Waals surface area contributed by atoms with Crippen molar-refractivity contribution in [3.63, 3.8) is 0 Å². The smallest absolute Gasteiger partial charge is 0.506 e. The number of aromatic hydroxyl groups is 1. The second-order valence-corrected chi connectivity index (χ2v) is 14.3. The summed E-state index contributed by atoms with van der Waals surface area (Å²) in [7, 11) is -19.8. The van der Waals surface area contributed by atoms with Crippen LogP contribution in [0.5, 0.6) is 5.75 Å². The number of phenolic OH excluding ortho intramolecular Hbond substituents is 1. The molecule has 0 amide bonds. The van der Waals surface area contributed by atoms with Gasteiger partial charge >= 0.3 is 37.2 Å². The minimum atomic E-state index is -5.20. The number of nitrogens with zero attached hydrogens (tertiary/aromatic N) is 4. The van der Waals surface area contributed by atoms with Gasteiger partial charge in [0, 0.05) is 5.39 Å². The summed E-state index contributed by atoms with van der Waals surface area (Å²) in [6.45, 7) is 0. The second kappa shape index (κ2) is 13.8. The van der Waals surface area contributed by atoms with Crippen molar-refractivity contribution in [3.05, 3.63) is 66.7 Å². The molecule has 0 saturated heterocycles. The fourth-order valence-corrected chi connectivity index (χ4v) is 6.22. The Morgan fingerprint density at radius 2 is 1.24 bits per heavy atom. The molecule has 0 unspecified atom stereocenters. The van der Waals surface area contributed by atoms with Crippen molar-refractivity contribution >= 4 is 76.8 Å². The molecular weight excluding hydrogens is 692 g/mol. The molecule has 4 rings (SSSR count). The van der Waals surface area contributed by atoms with Crippen LogP contribution in [0.25, 0.3) is 10.8 Å². The van der Waals surface area contributed by atoms with Crippen molar-refractivity contribution in [2.75, 3.05) is 0 Å². The van der Waals surface area contributed by atoms with Crippen LogP contribution in [0.3, 0.4) is 0 Å². The van der Waals surface area contributed by atoms with Crippen LogP contribution in [0.15, 0.2) is 102 Å². The van der Waals surface area contributed by atoms with Crippen molar-refractivity contribution in [2.45, 2.75) is 14.7 Å². The van der Waals surface area contributed by atoms with Gasteiger partial charge in [0.25, 0.3) is 30.4 Å². The molecule has 0 aliphatic heterocycles. The number of azo groups is 2. The van der Waals surface area contributed by atoms with Crippen LogP contribution in [0.1, 0.15) is 0 Å². The maximum absolute atomic E-state index is 12.1. The molecule has 23 heteroatoms. The van der Waals surface area contributed by atoms with Gasteiger partial charge in [-0.05, 0) is 60.0 Å². The Hall–Kier alpha value is -3.02. The van der Waals surface area contributed by atoms with Gasteiger partial charge < -0.3 is 21.0 Å². The zero-order valence-electron chi connectivity index (χ0n) is 22.9. The van der Waals surface area contributed by atoms with Gasteiger partial charge in [0.05, 0.1) is 21.6 Å². The van der Waals surface area contributed by atoms with E-state index in [1.165, 1.54) is 12.1 Å². The van der Waals surface area contributed by atoms with Crippen LogP contribution in [-0.2, 0) is 34.9 Å². The molecular formula is C22H21N5NaO13PS3+2. The number of phenols is 1. The Morgan fingerprint density at radius 1 is 0.644 bits per heavy atom. The van der Waals surface area contributed by atoms with Crippen molar-refractivity contribution in [1.29, 1.82) is 0 Å². The van der Waals surface area contributed by atoms with Gasteiger partial charge in [0.15, 0.2) is 0 Å². The van der Waals surface area contributed by atoms with Crippen molar-refractivity contribution < 1.29 is 87.9 Å². The van der Waals surface area contributed by atoms with Gasteiger partial charge in [-0.25, -0.2) is 0 Å². The molecule has 10 N–H and O–H groups in total. The van der Waals surface area contributed by atoms with Crippen LogP contribution in [0.2, 0.25) is 0 Å². The number of hydrogen-bond acceptors (Lipinski definition) is 12. The number of rotatable bonds is 8. The molecule has 0 atom stereocenters. The summed E-state index contributed by atoms with van der Waals surface area (Å²) in [6.07, 6.45) is 0. The first-order chi connectivity index (χ1) is 19.7. The van der Waals surface area contributed by atoms with Gasteiger partial charge in [0.2, 0.25) is 0 Å². The number of fused-ring (bicyclic) bond motifs is 1. The molecule has 0 aliphatic rings.